The van der Waals surface area contributed by atoms with Gasteiger partial charge in [0.25, 0.3) is 0 Å². The molecule has 1 aromatic rings. The molecule has 1 unspecified atom stereocenters. The molecular formula is C12H13NO. The second kappa shape index (κ2) is 4.57. The summed E-state index contributed by atoms with van der Waals surface area (Å²) in [5.41, 5.74) is 0.292. The zero-order chi connectivity index (χ0) is 10.4. The molecule has 0 aliphatic rings. The number of nitriles is 1. The molecule has 1 aromatic carbocycles. The summed E-state index contributed by atoms with van der Waals surface area (Å²) < 4.78 is 0. The normalized spacial score (nSPS) is 14.0. The first-order valence-corrected chi connectivity index (χ1v) is 4.69. The SMILES string of the molecule is CCC(C#N)(CC=O)c1ccccc1. The fraction of sp³-hybridized carbons (Fsp3) is 0.333. The number of aldehydes is 1. The Bertz CT molecular complexity index is 339. The number of hydrogen-bond acceptors (Lipinski definition) is 2. The zero-order valence-electron chi connectivity index (χ0n) is 8.23. The van der Waals surface area contributed by atoms with Crippen molar-refractivity contribution in [1.82, 2.24) is 0 Å². The molecular weight excluding hydrogens is 174 g/mol. The van der Waals surface area contributed by atoms with Crippen molar-refractivity contribution in [1.29, 1.82) is 5.26 Å². The van der Waals surface area contributed by atoms with Gasteiger partial charge in [-0.05, 0) is 12.0 Å². The highest BCUT2D eigenvalue weighted by atomic mass is 16.1. The van der Waals surface area contributed by atoms with E-state index in [0.29, 0.717) is 6.42 Å². The van der Waals surface area contributed by atoms with Gasteiger partial charge in [0.2, 0.25) is 0 Å². The molecule has 0 spiro atoms. The Morgan fingerprint density at radius 3 is 2.50 bits per heavy atom. The van der Waals surface area contributed by atoms with Crippen molar-refractivity contribution in [3.8, 4) is 6.07 Å². The zero-order valence-corrected chi connectivity index (χ0v) is 8.23. The molecule has 0 saturated carbocycles. The molecule has 2 heteroatoms. The van der Waals surface area contributed by atoms with Crippen molar-refractivity contribution in [2.45, 2.75) is 25.2 Å². The van der Waals surface area contributed by atoms with Crippen molar-refractivity contribution in [3.63, 3.8) is 0 Å². The number of hydrogen-bond donors (Lipinski definition) is 0. The number of carbonyl (C=O) groups excluding carboxylic acids is 1. The summed E-state index contributed by atoms with van der Waals surface area (Å²) in [5.74, 6) is 0. The van der Waals surface area contributed by atoms with E-state index >= 15 is 0 Å². The van der Waals surface area contributed by atoms with E-state index in [9.17, 15) is 4.79 Å². The molecule has 0 aliphatic heterocycles. The number of nitrogens with zero attached hydrogens (tertiary/aromatic N) is 1. The standard InChI is InChI=1S/C12H13NO/c1-2-12(10-13,8-9-14)11-6-4-3-5-7-11/h3-7,9H,2,8H2,1H3. The van der Waals surface area contributed by atoms with Crippen LogP contribution in [0.3, 0.4) is 0 Å². The van der Waals surface area contributed by atoms with E-state index in [1.165, 1.54) is 0 Å². The van der Waals surface area contributed by atoms with Crippen LogP contribution in [-0.2, 0) is 10.2 Å². The molecule has 14 heavy (non-hydrogen) atoms. The fourth-order valence-corrected chi connectivity index (χ4v) is 1.56. The molecule has 1 atom stereocenters. The number of carbonyl (C=O) groups is 1. The smallest absolute Gasteiger partial charge is 0.121 e. The Balaban J connectivity index is 3.12. The second-order valence-electron chi connectivity index (χ2n) is 3.28. The predicted molar refractivity (Wildman–Crippen MR) is 54.7 cm³/mol. The van der Waals surface area contributed by atoms with E-state index in [2.05, 4.69) is 6.07 Å². The maximum atomic E-state index is 10.6. The van der Waals surface area contributed by atoms with E-state index in [1.807, 2.05) is 37.3 Å². The van der Waals surface area contributed by atoms with Crippen LogP contribution in [0.5, 0.6) is 0 Å². The lowest BCUT2D eigenvalue weighted by atomic mass is 9.77. The van der Waals surface area contributed by atoms with E-state index < -0.39 is 5.41 Å². The topological polar surface area (TPSA) is 40.9 Å². The molecule has 2 nitrogen and oxygen atoms in total. The summed E-state index contributed by atoms with van der Waals surface area (Å²) in [6.45, 7) is 1.93. The van der Waals surface area contributed by atoms with Gasteiger partial charge >= 0.3 is 0 Å². The molecule has 1 rings (SSSR count). The van der Waals surface area contributed by atoms with E-state index in [-0.39, 0.29) is 6.42 Å². The van der Waals surface area contributed by atoms with Crippen molar-refractivity contribution >= 4 is 6.29 Å². The second-order valence-corrected chi connectivity index (χ2v) is 3.28. The minimum Gasteiger partial charge on any atom is -0.303 e. The van der Waals surface area contributed by atoms with Crippen LogP contribution in [0.4, 0.5) is 0 Å². The quantitative estimate of drug-likeness (QED) is 0.679. The molecule has 0 aromatic heterocycles. The highest BCUT2D eigenvalue weighted by molar-refractivity contribution is 5.55. The molecule has 72 valence electrons. The summed E-state index contributed by atoms with van der Waals surface area (Å²) in [5, 5.41) is 9.15. The highest BCUT2D eigenvalue weighted by Crippen LogP contribution is 2.29. The van der Waals surface area contributed by atoms with Crippen molar-refractivity contribution in [3.05, 3.63) is 35.9 Å². The minimum absolute atomic E-state index is 0.268. The minimum atomic E-state index is -0.636. The maximum Gasteiger partial charge on any atom is 0.121 e. The summed E-state index contributed by atoms with van der Waals surface area (Å²) in [6.07, 6.45) is 1.75. The third-order valence-corrected chi connectivity index (χ3v) is 2.58. The predicted octanol–water partition coefficient (Wildman–Crippen LogP) is 2.45. The van der Waals surface area contributed by atoms with Gasteiger partial charge in [-0.15, -0.1) is 0 Å². The van der Waals surface area contributed by atoms with Gasteiger partial charge in [-0.1, -0.05) is 37.3 Å². The summed E-state index contributed by atoms with van der Waals surface area (Å²) in [7, 11) is 0. The van der Waals surface area contributed by atoms with Crippen LogP contribution in [0.25, 0.3) is 0 Å². The number of benzene rings is 1. The van der Waals surface area contributed by atoms with Crippen LogP contribution in [-0.4, -0.2) is 6.29 Å². The van der Waals surface area contributed by atoms with E-state index in [0.717, 1.165) is 11.8 Å². The van der Waals surface area contributed by atoms with Crippen LogP contribution in [0, 0.1) is 11.3 Å². The van der Waals surface area contributed by atoms with Gasteiger partial charge in [0.15, 0.2) is 0 Å². The van der Waals surface area contributed by atoms with Crippen LogP contribution < -0.4 is 0 Å². The average Bonchev–Trinajstić information content (AvgIpc) is 2.27. The Morgan fingerprint density at radius 2 is 2.07 bits per heavy atom. The average molecular weight is 187 g/mol. The lowest BCUT2D eigenvalue weighted by molar-refractivity contribution is -0.108. The summed E-state index contributed by atoms with van der Waals surface area (Å²) in [4.78, 5) is 10.6. The molecule has 0 fully saturated rings. The molecule has 0 N–H and O–H groups in total. The Labute approximate surface area is 84.2 Å². The molecule has 0 amide bonds. The first-order chi connectivity index (χ1) is 6.79. The molecule has 0 saturated heterocycles. The molecule has 0 radical (unpaired) electrons. The monoisotopic (exact) mass is 187 g/mol. The van der Waals surface area contributed by atoms with Crippen LogP contribution in [0.15, 0.2) is 30.3 Å². The maximum absolute atomic E-state index is 10.6. The van der Waals surface area contributed by atoms with Crippen LogP contribution in [0.1, 0.15) is 25.3 Å². The Hall–Kier alpha value is -1.62. The van der Waals surface area contributed by atoms with Gasteiger partial charge in [-0.2, -0.15) is 5.26 Å². The third kappa shape index (κ3) is 1.82. The van der Waals surface area contributed by atoms with E-state index in [1.54, 1.807) is 0 Å². The van der Waals surface area contributed by atoms with Crippen molar-refractivity contribution < 1.29 is 4.79 Å². The molecule has 0 aliphatic carbocycles. The third-order valence-electron chi connectivity index (χ3n) is 2.58. The Morgan fingerprint density at radius 1 is 1.43 bits per heavy atom. The summed E-state index contributed by atoms with van der Waals surface area (Å²) >= 11 is 0. The lowest BCUT2D eigenvalue weighted by Gasteiger charge is -2.22. The van der Waals surface area contributed by atoms with Crippen LogP contribution >= 0.6 is 0 Å². The van der Waals surface area contributed by atoms with Crippen LogP contribution in [0.2, 0.25) is 0 Å². The van der Waals surface area contributed by atoms with Gasteiger partial charge < -0.3 is 4.79 Å². The molecule has 0 bridgehead atoms. The fourth-order valence-electron chi connectivity index (χ4n) is 1.56. The summed E-state index contributed by atoms with van der Waals surface area (Å²) in [6, 6.07) is 11.7. The first kappa shape index (κ1) is 10.5. The largest absolute Gasteiger partial charge is 0.303 e. The van der Waals surface area contributed by atoms with Crippen molar-refractivity contribution in [2.75, 3.05) is 0 Å². The highest BCUT2D eigenvalue weighted by Gasteiger charge is 2.29. The van der Waals surface area contributed by atoms with Gasteiger partial charge in [-0.3, -0.25) is 0 Å². The first-order valence-electron chi connectivity index (χ1n) is 4.69. The lowest BCUT2D eigenvalue weighted by Crippen LogP contribution is -2.23. The molecule has 0 heterocycles. The Kier molecular flexibility index (Phi) is 3.41. The number of rotatable bonds is 4. The van der Waals surface area contributed by atoms with Gasteiger partial charge in [-0.25, -0.2) is 0 Å². The van der Waals surface area contributed by atoms with Gasteiger partial charge in [0, 0.05) is 6.42 Å². The van der Waals surface area contributed by atoms with Crippen molar-refractivity contribution in [2.24, 2.45) is 0 Å². The van der Waals surface area contributed by atoms with Gasteiger partial charge in [0.05, 0.1) is 11.5 Å². The van der Waals surface area contributed by atoms with Gasteiger partial charge in [0.1, 0.15) is 6.29 Å². The van der Waals surface area contributed by atoms with E-state index in [4.69, 9.17) is 5.26 Å².